The Morgan fingerprint density at radius 3 is 2.66 bits per heavy atom. The third-order valence-corrected chi connectivity index (χ3v) is 5.60. The highest BCUT2D eigenvalue weighted by molar-refractivity contribution is 5.81. The number of nitrogens with one attached hydrogen (secondary N) is 1. The topological polar surface area (TPSA) is 85.4 Å². The number of alkyl halides is 3. The largest absolute Gasteiger partial charge is 0.441 e. The predicted molar refractivity (Wildman–Crippen MR) is 109 cm³/mol. The number of oxazole rings is 1. The Bertz CT molecular complexity index is 1330. The molecule has 0 saturated carbocycles. The molecule has 0 bridgehead atoms. The van der Waals surface area contributed by atoms with Gasteiger partial charge in [-0.2, -0.15) is 22.8 Å². The molecule has 32 heavy (non-hydrogen) atoms. The minimum atomic E-state index is -4.75. The van der Waals surface area contributed by atoms with Crippen LogP contribution in [0.5, 0.6) is 0 Å². The minimum Gasteiger partial charge on any atom is -0.441 e. The summed E-state index contributed by atoms with van der Waals surface area (Å²) in [5.41, 5.74) is -1.43. The van der Waals surface area contributed by atoms with E-state index in [2.05, 4.69) is 15.1 Å². The molecule has 1 aliphatic rings. The second kappa shape index (κ2) is 7.63. The highest BCUT2D eigenvalue weighted by Gasteiger charge is 2.39. The van der Waals surface area contributed by atoms with Gasteiger partial charge >= 0.3 is 6.18 Å². The first kappa shape index (κ1) is 20.5. The first-order valence-electron chi connectivity index (χ1n) is 10.2. The van der Waals surface area contributed by atoms with Crippen molar-refractivity contribution in [3.05, 3.63) is 64.0 Å². The van der Waals surface area contributed by atoms with Gasteiger partial charge in [-0.15, -0.1) is 0 Å². The van der Waals surface area contributed by atoms with Crippen LogP contribution >= 0.6 is 0 Å². The molecule has 1 aromatic carbocycles. The monoisotopic (exact) mass is 444 g/mol. The van der Waals surface area contributed by atoms with Gasteiger partial charge in [0.05, 0.1) is 18.4 Å². The van der Waals surface area contributed by atoms with Crippen molar-refractivity contribution in [1.29, 1.82) is 0 Å². The molecule has 1 unspecified atom stereocenters. The van der Waals surface area contributed by atoms with Crippen molar-refractivity contribution in [2.45, 2.75) is 31.9 Å². The van der Waals surface area contributed by atoms with Crippen LogP contribution < -0.4 is 5.56 Å². The summed E-state index contributed by atoms with van der Waals surface area (Å²) in [6, 6.07) is 8.04. The SMILES string of the molecule is Cc1[nH]c2c(-c3ccccc3)c(C(F)(F)F)nn2c(=O)c1-c1ncc(C2CCCOC2)o1. The van der Waals surface area contributed by atoms with Crippen LogP contribution in [0.4, 0.5) is 13.2 Å². The average molecular weight is 444 g/mol. The van der Waals surface area contributed by atoms with Crippen molar-refractivity contribution in [3.8, 4) is 22.6 Å². The second-order valence-electron chi connectivity index (χ2n) is 7.76. The van der Waals surface area contributed by atoms with Gasteiger partial charge in [0, 0.05) is 18.2 Å². The summed E-state index contributed by atoms with van der Waals surface area (Å²) in [5.74, 6) is 0.649. The summed E-state index contributed by atoms with van der Waals surface area (Å²) >= 11 is 0. The lowest BCUT2D eigenvalue weighted by Crippen LogP contribution is -2.20. The first-order chi connectivity index (χ1) is 15.3. The Balaban J connectivity index is 1.69. The lowest BCUT2D eigenvalue weighted by Gasteiger charge is -2.19. The van der Waals surface area contributed by atoms with Gasteiger partial charge in [-0.1, -0.05) is 30.3 Å². The van der Waals surface area contributed by atoms with Crippen LogP contribution in [0.1, 0.15) is 35.9 Å². The number of benzene rings is 1. The molecule has 1 fully saturated rings. The van der Waals surface area contributed by atoms with Crippen LogP contribution in [0.3, 0.4) is 0 Å². The van der Waals surface area contributed by atoms with E-state index in [0.717, 1.165) is 17.4 Å². The van der Waals surface area contributed by atoms with Gasteiger partial charge in [0.25, 0.3) is 5.56 Å². The fourth-order valence-corrected chi connectivity index (χ4v) is 4.07. The lowest BCUT2D eigenvalue weighted by molar-refractivity contribution is -0.140. The average Bonchev–Trinajstić information content (AvgIpc) is 3.40. The summed E-state index contributed by atoms with van der Waals surface area (Å²) in [6.07, 6.45) is -1.44. The maximum atomic E-state index is 13.8. The number of rotatable bonds is 3. The molecule has 1 saturated heterocycles. The third kappa shape index (κ3) is 3.40. The van der Waals surface area contributed by atoms with Gasteiger partial charge in [0.15, 0.2) is 5.69 Å². The minimum absolute atomic E-state index is 0.0272. The summed E-state index contributed by atoms with van der Waals surface area (Å²) < 4.78 is 53.4. The third-order valence-electron chi connectivity index (χ3n) is 5.60. The zero-order valence-corrected chi connectivity index (χ0v) is 17.1. The summed E-state index contributed by atoms with van der Waals surface area (Å²) in [4.78, 5) is 20.4. The van der Waals surface area contributed by atoms with E-state index in [1.807, 2.05) is 0 Å². The predicted octanol–water partition coefficient (Wildman–Crippen LogP) is 4.57. The Hall–Kier alpha value is -3.40. The zero-order chi connectivity index (χ0) is 22.5. The molecule has 0 aliphatic carbocycles. The Morgan fingerprint density at radius 1 is 1.19 bits per heavy atom. The van der Waals surface area contributed by atoms with E-state index in [4.69, 9.17) is 9.15 Å². The second-order valence-corrected chi connectivity index (χ2v) is 7.76. The van der Waals surface area contributed by atoms with E-state index in [1.165, 1.54) is 6.20 Å². The number of H-pyrrole nitrogens is 1. The molecule has 1 atom stereocenters. The molecule has 10 heteroatoms. The number of halogens is 3. The maximum Gasteiger partial charge on any atom is 0.435 e. The van der Waals surface area contributed by atoms with Crippen molar-refractivity contribution in [3.63, 3.8) is 0 Å². The van der Waals surface area contributed by atoms with Gasteiger partial charge in [0.1, 0.15) is 17.0 Å². The molecular weight excluding hydrogens is 425 g/mol. The molecule has 4 aromatic rings. The van der Waals surface area contributed by atoms with Crippen molar-refractivity contribution in [2.24, 2.45) is 0 Å². The fraction of sp³-hybridized carbons (Fsp3) is 0.318. The molecule has 0 spiro atoms. The van der Waals surface area contributed by atoms with Gasteiger partial charge in [0.2, 0.25) is 5.89 Å². The number of aromatic nitrogens is 4. The normalized spacial score (nSPS) is 17.2. The lowest BCUT2D eigenvalue weighted by atomic mass is 10.0. The fourth-order valence-electron chi connectivity index (χ4n) is 4.07. The molecule has 0 amide bonds. The van der Waals surface area contributed by atoms with Gasteiger partial charge in [-0.25, -0.2) is 4.98 Å². The van der Waals surface area contributed by atoms with Gasteiger partial charge < -0.3 is 14.1 Å². The van der Waals surface area contributed by atoms with E-state index in [0.29, 0.717) is 30.2 Å². The molecule has 7 nitrogen and oxygen atoms in total. The first-order valence-corrected chi connectivity index (χ1v) is 10.2. The van der Waals surface area contributed by atoms with E-state index < -0.39 is 17.4 Å². The van der Waals surface area contributed by atoms with Crippen LogP contribution in [0, 0.1) is 6.92 Å². The molecule has 5 rings (SSSR count). The highest BCUT2D eigenvalue weighted by Crippen LogP contribution is 2.38. The summed E-state index contributed by atoms with van der Waals surface area (Å²) in [5, 5.41) is 3.64. The smallest absolute Gasteiger partial charge is 0.435 e. The number of nitrogens with zero attached hydrogens (tertiary/aromatic N) is 3. The van der Waals surface area contributed by atoms with Crippen LogP contribution in [0.25, 0.3) is 28.2 Å². The van der Waals surface area contributed by atoms with Crippen molar-refractivity contribution in [2.75, 3.05) is 13.2 Å². The van der Waals surface area contributed by atoms with Crippen LogP contribution in [0.15, 0.2) is 45.7 Å². The van der Waals surface area contributed by atoms with Crippen molar-refractivity contribution >= 4 is 5.65 Å². The zero-order valence-electron chi connectivity index (χ0n) is 17.1. The number of hydrogen-bond acceptors (Lipinski definition) is 5. The Kier molecular flexibility index (Phi) is 4.89. The van der Waals surface area contributed by atoms with E-state index in [-0.39, 0.29) is 28.6 Å². The van der Waals surface area contributed by atoms with Gasteiger partial charge in [-0.3, -0.25) is 4.79 Å². The molecular formula is C22H19F3N4O3. The number of aryl methyl sites for hydroxylation is 1. The Labute approximate surface area is 179 Å². The number of ether oxygens (including phenoxy) is 1. The van der Waals surface area contributed by atoms with Crippen LogP contribution in [0.2, 0.25) is 0 Å². The molecule has 1 aliphatic heterocycles. The van der Waals surface area contributed by atoms with Crippen LogP contribution in [-0.4, -0.2) is 32.8 Å². The number of fused-ring (bicyclic) bond motifs is 1. The van der Waals surface area contributed by atoms with Gasteiger partial charge in [-0.05, 0) is 25.3 Å². The maximum absolute atomic E-state index is 13.8. The molecule has 4 heterocycles. The number of aromatic amines is 1. The van der Waals surface area contributed by atoms with Crippen LogP contribution in [-0.2, 0) is 10.9 Å². The number of hydrogen-bond donors (Lipinski definition) is 1. The Morgan fingerprint density at radius 2 is 1.97 bits per heavy atom. The molecule has 1 N–H and O–H groups in total. The van der Waals surface area contributed by atoms with Crippen molar-refractivity contribution < 1.29 is 22.3 Å². The summed E-state index contributed by atoms with van der Waals surface area (Å²) in [6.45, 7) is 2.79. The summed E-state index contributed by atoms with van der Waals surface area (Å²) in [7, 11) is 0. The quantitative estimate of drug-likeness (QED) is 0.501. The van der Waals surface area contributed by atoms with E-state index in [9.17, 15) is 18.0 Å². The van der Waals surface area contributed by atoms with E-state index >= 15 is 0 Å². The highest BCUT2D eigenvalue weighted by atomic mass is 19.4. The molecule has 3 aromatic heterocycles. The van der Waals surface area contributed by atoms with E-state index in [1.54, 1.807) is 37.3 Å². The van der Waals surface area contributed by atoms with Crippen molar-refractivity contribution in [1.82, 2.24) is 19.6 Å². The standard InChI is InChI=1S/C22H19F3N4O3/c1-12-16(20-26-10-15(32-20)14-8-5-9-31-11-14)21(30)29-19(27-12)17(13-6-3-2-4-7-13)18(28-29)22(23,24)25/h2-4,6-7,10,14,27H,5,8-9,11H2,1H3. The molecule has 0 radical (unpaired) electrons. The molecule has 166 valence electrons.